The highest BCUT2D eigenvalue weighted by Crippen LogP contribution is 2.19. The van der Waals surface area contributed by atoms with Gasteiger partial charge < -0.3 is 15.4 Å². The summed E-state index contributed by atoms with van der Waals surface area (Å²) < 4.78 is 5.76. The fraction of sp³-hybridized carbons (Fsp3) is 0.667. The Hall–Kier alpha value is -0.910. The van der Waals surface area contributed by atoms with Crippen LogP contribution >= 0.6 is 11.6 Å². The van der Waals surface area contributed by atoms with Crippen LogP contribution in [0.5, 0.6) is 0 Å². The number of nitrogens with two attached hydrogens (primary N) is 1. The largest absolute Gasteiger partial charge is 0.378 e. The zero-order valence-corrected chi connectivity index (χ0v) is 11.1. The number of halogens is 1. The van der Waals surface area contributed by atoms with Crippen LogP contribution in [0.3, 0.4) is 0 Å². The number of hydrogen-bond acceptors (Lipinski definition) is 5. The number of piperidine rings is 1. The second kappa shape index (κ2) is 6.87. The molecule has 0 aromatic carbocycles. The van der Waals surface area contributed by atoms with Crippen molar-refractivity contribution in [3.63, 3.8) is 0 Å². The van der Waals surface area contributed by atoms with Gasteiger partial charge in [0.15, 0.2) is 11.0 Å². The second-order valence-corrected chi connectivity index (χ2v) is 4.80. The Balaban J connectivity index is 1.77. The Kier molecular flexibility index (Phi) is 5.16. The van der Waals surface area contributed by atoms with E-state index in [4.69, 9.17) is 22.1 Å². The highest BCUT2D eigenvalue weighted by Gasteiger charge is 2.20. The molecule has 100 valence electrons. The number of anilines is 1. The first-order valence-electron chi connectivity index (χ1n) is 6.35. The maximum atomic E-state index is 5.76. The van der Waals surface area contributed by atoms with E-state index in [1.54, 1.807) is 6.07 Å². The Bertz CT molecular complexity index is 352. The van der Waals surface area contributed by atoms with Crippen molar-refractivity contribution in [1.29, 1.82) is 0 Å². The van der Waals surface area contributed by atoms with Gasteiger partial charge in [-0.25, -0.2) is 0 Å². The number of rotatable bonds is 5. The summed E-state index contributed by atoms with van der Waals surface area (Å²) >= 11 is 5.72. The van der Waals surface area contributed by atoms with Gasteiger partial charge in [-0.2, -0.15) is 0 Å². The number of ether oxygens (including phenoxy) is 1. The molecule has 2 heterocycles. The topological polar surface area (TPSA) is 64.3 Å². The molecule has 18 heavy (non-hydrogen) atoms. The number of aromatic nitrogens is 2. The minimum absolute atomic E-state index is 0.355. The lowest BCUT2D eigenvalue weighted by atomic mass is 10.1. The van der Waals surface area contributed by atoms with Crippen molar-refractivity contribution in [3.05, 3.63) is 17.3 Å². The maximum Gasteiger partial charge on any atom is 0.151 e. The second-order valence-electron chi connectivity index (χ2n) is 4.41. The van der Waals surface area contributed by atoms with Gasteiger partial charge in [0.1, 0.15) is 0 Å². The standard InChI is InChI=1S/C12H19ClN4O/c13-11-2-3-12(16-15-11)17-7-4-10(5-8-17)18-9-1-6-14/h2-3,10H,1,4-9,14H2. The van der Waals surface area contributed by atoms with Crippen molar-refractivity contribution in [2.24, 2.45) is 5.73 Å². The predicted molar refractivity (Wildman–Crippen MR) is 71.9 cm³/mol. The molecule has 1 aliphatic rings. The molecule has 0 saturated carbocycles. The summed E-state index contributed by atoms with van der Waals surface area (Å²) in [7, 11) is 0. The van der Waals surface area contributed by atoms with Gasteiger partial charge in [0.25, 0.3) is 0 Å². The van der Waals surface area contributed by atoms with Crippen LogP contribution in [0.25, 0.3) is 0 Å². The van der Waals surface area contributed by atoms with Crippen molar-refractivity contribution in [3.8, 4) is 0 Å². The van der Waals surface area contributed by atoms with Crippen LogP contribution in [0, 0.1) is 0 Å². The van der Waals surface area contributed by atoms with Crippen LogP contribution in [0.4, 0.5) is 5.82 Å². The van der Waals surface area contributed by atoms with Crippen molar-refractivity contribution >= 4 is 17.4 Å². The minimum atomic E-state index is 0.355. The van der Waals surface area contributed by atoms with Crippen LogP contribution in [-0.4, -0.2) is 42.5 Å². The monoisotopic (exact) mass is 270 g/mol. The Morgan fingerprint density at radius 1 is 1.33 bits per heavy atom. The van der Waals surface area contributed by atoms with Gasteiger partial charge in [0.2, 0.25) is 0 Å². The molecule has 1 saturated heterocycles. The zero-order valence-electron chi connectivity index (χ0n) is 10.4. The van der Waals surface area contributed by atoms with Crippen molar-refractivity contribution in [2.75, 3.05) is 31.1 Å². The summed E-state index contributed by atoms with van der Waals surface area (Å²) in [6.07, 6.45) is 3.33. The Morgan fingerprint density at radius 3 is 2.72 bits per heavy atom. The summed E-state index contributed by atoms with van der Waals surface area (Å²) in [5, 5.41) is 8.38. The molecule has 5 nitrogen and oxygen atoms in total. The zero-order chi connectivity index (χ0) is 12.8. The van der Waals surface area contributed by atoms with Crippen molar-refractivity contribution in [2.45, 2.75) is 25.4 Å². The quantitative estimate of drug-likeness (QED) is 0.821. The van der Waals surface area contributed by atoms with E-state index in [1.165, 1.54) is 0 Å². The minimum Gasteiger partial charge on any atom is -0.378 e. The molecule has 0 unspecified atom stereocenters. The first-order valence-corrected chi connectivity index (χ1v) is 6.73. The highest BCUT2D eigenvalue weighted by molar-refractivity contribution is 6.29. The summed E-state index contributed by atoms with van der Waals surface area (Å²) in [4.78, 5) is 2.21. The van der Waals surface area contributed by atoms with E-state index in [0.29, 0.717) is 17.8 Å². The average molecular weight is 271 g/mol. The van der Waals surface area contributed by atoms with Crippen molar-refractivity contribution < 1.29 is 4.74 Å². The summed E-state index contributed by atoms with van der Waals surface area (Å²) in [5.74, 6) is 0.889. The van der Waals surface area contributed by atoms with Gasteiger partial charge >= 0.3 is 0 Å². The third-order valence-electron chi connectivity index (χ3n) is 3.09. The van der Waals surface area contributed by atoms with E-state index in [9.17, 15) is 0 Å². The Labute approximate surface area is 112 Å². The third kappa shape index (κ3) is 3.80. The van der Waals surface area contributed by atoms with Gasteiger partial charge in [-0.15, -0.1) is 10.2 Å². The molecule has 6 heteroatoms. The van der Waals surface area contributed by atoms with Crippen LogP contribution in [0.1, 0.15) is 19.3 Å². The molecule has 1 aromatic rings. The van der Waals surface area contributed by atoms with E-state index >= 15 is 0 Å². The molecule has 1 fully saturated rings. The fourth-order valence-corrected chi connectivity index (χ4v) is 2.16. The average Bonchev–Trinajstić information content (AvgIpc) is 2.41. The van der Waals surface area contributed by atoms with Gasteiger partial charge in [-0.3, -0.25) is 0 Å². The lowest BCUT2D eigenvalue weighted by molar-refractivity contribution is 0.0365. The summed E-state index contributed by atoms with van der Waals surface area (Å²) in [6.45, 7) is 3.36. The smallest absolute Gasteiger partial charge is 0.151 e. The predicted octanol–water partition coefficient (Wildman–Crippen LogP) is 1.46. The van der Waals surface area contributed by atoms with E-state index in [-0.39, 0.29) is 0 Å². The van der Waals surface area contributed by atoms with Gasteiger partial charge in [-0.05, 0) is 37.9 Å². The third-order valence-corrected chi connectivity index (χ3v) is 3.29. The summed E-state index contributed by atoms with van der Waals surface area (Å²) in [5.41, 5.74) is 5.44. The molecule has 0 atom stereocenters. The van der Waals surface area contributed by atoms with Crippen LogP contribution in [0.2, 0.25) is 5.15 Å². The van der Waals surface area contributed by atoms with Crippen LogP contribution < -0.4 is 10.6 Å². The van der Waals surface area contributed by atoms with Gasteiger partial charge in [-0.1, -0.05) is 11.6 Å². The molecule has 2 rings (SSSR count). The highest BCUT2D eigenvalue weighted by atomic mass is 35.5. The molecule has 1 aliphatic heterocycles. The molecule has 0 spiro atoms. The molecule has 0 bridgehead atoms. The lowest BCUT2D eigenvalue weighted by Crippen LogP contribution is -2.37. The van der Waals surface area contributed by atoms with Crippen LogP contribution in [-0.2, 0) is 4.74 Å². The van der Waals surface area contributed by atoms with Crippen molar-refractivity contribution in [1.82, 2.24) is 10.2 Å². The van der Waals surface area contributed by atoms with E-state index in [1.807, 2.05) is 6.07 Å². The normalized spacial score (nSPS) is 17.1. The lowest BCUT2D eigenvalue weighted by Gasteiger charge is -2.32. The SMILES string of the molecule is NCCCOC1CCN(c2ccc(Cl)nn2)CC1. The van der Waals surface area contributed by atoms with E-state index in [0.717, 1.165) is 44.8 Å². The van der Waals surface area contributed by atoms with Gasteiger partial charge in [0.05, 0.1) is 6.10 Å². The molecule has 0 amide bonds. The molecule has 0 aliphatic carbocycles. The molecule has 0 radical (unpaired) electrons. The van der Waals surface area contributed by atoms with E-state index in [2.05, 4.69) is 15.1 Å². The molecule has 2 N–H and O–H groups in total. The first-order chi connectivity index (χ1) is 8.79. The first kappa shape index (κ1) is 13.5. The summed E-state index contributed by atoms with van der Waals surface area (Å²) in [6, 6.07) is 3.68. The number of nitrogens with zero attached hydrogens (tertiary/aromatic N) is 3. The van der Waals surface area contributed by atoms with Crippen LogP contribution in [0.15, 0.2) is 12.1 Å². The number of hydrogen-bond donors (Lipinski definition) is 1. The fourth-order valence-electron chi connectivity index (χ4n) is 2.06. The molecular weight excluding hydrogens is 252 g/mol. The van der Waals surface area contributed by atoms with E-state index < -0.39 is 0 Å². The maximum absolute atomic E-state index is 5.76. The molecule has 1 aromatic heterocycles. The molecular formula is C12H19ClN4O. The van der Waals surface area contributed by atoms with Gasteiger partial charge in [0, 0.05) is 19.7 Å². The Morgan fingerprint density at radius 2 is 2.11 bits per heavy atom.